The first-order chi connectivity index (χ1) is 22.8. The highest BCUT2D eigenvalue weighted by molar-refractivity contribution is 6.28. The first-order valence-electron chi connectivity index (χ1n) is 16.3. The van der Waals surface area contributed by atoms with Crippen molar-refractivity contribution in [2.24, 2.45) is 5.73 Å². The van der Waals surface area contributed by atoms with Gasteiger partial charge in [-0.25, -0.2) is 29.5 Å². The van der Waals surface area contributed by atoms with Gasteiger partial charge in [-0.05, 0) is 62.3 Å². The fourth-order valence-electron chi connectivity index (χ4n) is 6.18. The molecule has 0 radical (unpaired) electrons. The zero-order valence-corrected chi connectivity index (χ0v) is 29.2. The number of carbonyl (C=O) groups excluding carboxylic acids is 2. The molecule has 2 aromatic heterocycles. The Morgan fingerprint density at radius 1 is 0.688 bits per heavy atom. The summed E-state index contributed by atoms with van der Waals surface area (Å²) in [4.78, 5) is 38.8. The van der Waals surface area contributed by atoms with Gasteiger partial charge in [0.2, 0.25) is 5.28 Å². The number of hydrogen-bond donors (Lipinski definition) is 1. The second kappa shape index (κ2) is 19.2. The smallest absolute Gasteiger partial charge is 0.341 e. The number of ether oxygens (including phenoxy) is 2. The van der Waals surface area contributed by atoms with E-state index in [1.807, 2.05) is 6.07 Å². The average molecular weight is 695 g/mol. The molecule has 9 nitrogen and oxygen atoms in total. The molecule has 0 amide bonds. The van der Waals surface area contributed by atoms with Crippen LogP contribution in [0.25, 0.3) is 0 Å². The molecule has 2 aromatic carbocycles. The molecule has 2 aliphatic carbocycles. The number of carbonyl (C=O) groups is 2. The van der Waals surface area contributed by atoms with Crippen molar-refractivity contribution in [1.82, 2.24) is 19.9 Å². The van der Waals surface area contributed by atoms with Crippen molar-refractivity contribution in [3.05, 3.63) is 119 Å². The van der Waals surface area contributed by atoms with E-state index >= 15 is 0 Å². The van der Waals surface area contributed by atoms with Crippen LogP contribution in [0, 0.1) is 0 Å². The normalized spacial score (nSPS) is 15.4. The molecule has 48 heavy (non-hydrogen) atoms. The third-order valence-electron chi connectivity index (χ3n) is 8.64. The summed E-state index contributed by atoms with van der Waals surface area (Å²) < 4.78 is 9.68. The lowest BCUT2D eigenvalue weighted by molar-refractivity contribution is 0.0515. The Kier molecular flexibility index (Phi) is 15.4. The molecule has 2 N–H and O–H groups in total. The van der Waals surface area contributed by atoms with E-state index in [0.29, 0.717) is 24.3 Å². The molecule has 0 saturated heterocycles. The molecule has 11 heteroatoms. The minimum Gasteiger partial charge on any atom is -0.462 e. The van der Waals surface area contributed by atoms with Gasteiger partial charge in [0.25, 0.3) is 0 Å². The molecular weight excluding hydrogens is 649 g/mol. The molecule has 2 heterocycles. The van der Waals surface area contributed by atoms with Crippen LogP contribution in [-0.2, 0) is 26.8 Å². The number of esters is 2. The van der Waals surface area contributed by atoms with Crippen molar-refractivity contribution in [1.29, 1.82) is 0 Å². The number of halogens is 2. The lowest BCUT2D eigenvalue weighted by Crippen LogP contribution is -2.32. The molecule has 2 aliphatic rings. The Bertz CT molecular complexity index is 1530. The van der Waals surface area contributed by atoms with Crippen LogP contribution < -0.4 is 5.73 Å². The molecule has 2 saturated carbocycles. The highest BCUT2D eigenvalue weighted by atomic mass is 35.5. The number of rotatable bonds is 8. The van der Waals surface area contributed by atoms with Crippen molar-refractivity contribution in [3.63, 3.8) is 0 Å². The van der Waals surface area contributed by atoms with Gasteiger partial charge in [-0.3, -0.25) is 0 Å². The summed E-state index contributed by atoms with van der Waals surface area (Å²) in [5.41, 5.74) is 9.80. The van der Waals surface area contributed by atoms with Crippen LogP contribution in [0.2, 0.25) is 5.28 Å². The Labute approximate surface area is 294 Å². The van der Waals surface area contributed by atoms with Gasteiger partial charge >= 0.3 is 11.9 Å². The first kappa shape index (κ1) is 38.5. The molecule has 0 bridgehead atoms. The van der Waals surface area contributed by atoms with E-state index in [-0.39, 0.29) is 34.6 Å². The van der Waals surface area contributed by atoms with Crippen molar-refractivity contribution in [2.45, 2.75) is 82.6 Å². The highest BCUT2D eigenvalue weighted by Crippen LogP contribution is 2.43. The molecule has 0 unspecified atom stereocenters. The molecule has 4 aromatic rings. The SMILES string of the molecule is CCOC(=O)c1cnc(CC2(c3ccccc3)CCCC2)nc1.CCOC(=O)c1cnc(Cl)nc1.Cl.NC1(c2ccccc2)CCCC1. The van der Waals surface area contributed by atoms with Crippen LogP contribution in [0.5, 0.6) is 0 Å². The van der Waals surface area contributed by atoms with E-state index in [4.69, 9.17) is 26.8 Å². The summed E-state index contributed by atoms with van der Waals surface area (Å²) in [6.07, 6.45) is 16.3. The van der Waals surface area contributed by atoms with E-state index in [9.17, 15) is 9.59 Å². The Balaban J connectivity index is 0.000000212. The fourth-order valence-corrected chi connectivity index (χ4v) is 6.27. The fraction of sp³-hybridized carbons (Fsp3) is 0.405. The average Bonchev–Trinajstić information content (AvgIpc) is 3.78. The standard InChI is InChI=1S/C19H22N2O2.C11H15N.C7H7ClN2O2.ClH/c1-2-23-18(22)15-13-20-17(21-14-15)12-19(10-6-7-11-19)16-8-4-3-5-9-16;12-11(8-4-5-9-11)10-6-2-1-3-7-10;1-2-12-6(11)5-3-9-7(8)10-4-5;/h3-5,8-9,13-14H,2,6-7,10-12H2,1H3;1-3,6-7H,4-5,8-9,12H2;3-4H,2H2,1H3;1H. The molecule has 0 aliphatic heterocycles. The summed E-state index contributed by atoms with van der Waals surface area (Å²) in [5, 5.41) is 0.114. The van der Waals surface area contributed by atoms with Crippen LogP contribution in [-0.4, -0.2) is 45.1 Å². The molecule has 0 atom stereocenters. The van der Waals surface area contributed by atoms with Gasteiger partial charge in [0.15, 0.2) is 0 Å². The second-order valence-electron chi connectivity index (χ2n) is 11.8. The quantitative estimate of drug-likeness (QED) is 0.145. The van der Waals surface area contributed by atoms with Gasteiger partial charge in [-0.2, -0.15) is 0 Å². The van der Waals surface area contributed by atoms with Gasteiger partial charge in [-0.15, -0.1) is 12.4 Å². The number of hydrogen-bond acceptors (Lipinski definition) is 9. The first-order valence-corrected chi connectivity index (χ1v) is 16.7. The van der Waals surface area contributed by atoms with Gasteiger partial charge in [0.05, 0.1) is 24.3 Å². The maximum atomic E-state index is 11.7. The monoisotopic (exact) mass is 693 g/mol. The summed E-state index contributed by atoms with van der Waals surface area (Å²) >= 11 is 5.42. The second-order valence-corrected chi connectivity index (χ2v) is 12.2. The van der Waals surface area contributed by atoms with Crippen LogP contribution >= 0.6 is 24.0 Å². The topological polar surface area (TPSA) is 130 Å². The largest absolute Gasteiger partial charge is 0.462 e. The zero-order valence-electron chi connectivity index (χ0n) is 27.6. The van der Waals surface area contributed by atoms with Crippen LogP contribution in [0.1, 0.15) is 103 Å². The van der Waals surface area contributed by atoms with Crippen LogP contribution in [0.4, 0.5) is 0 Å². The van der Waals surface area contributed by atoms with E-state index in [0.717, 1.165) is 25.1 Å². The molecule has 2 fully saturated rings. The summed E-state index contributed by atoms with van der Waals surface area (Å²) in [5.74, 6) is -0.00402. The minimum atomic E-state index is -0.436. The predicted octanol–water partition coefficient (Wildman–Crippen LogP) is 7.85. The van der Waals surface area contributed by atoms with Gasteiger partial charge < -0.3 is 15.2 Å². The van der Waals surface area contributed by atoms with Crippen molar-refractivity contribution in [2.75, 3.05) is 13.2 Å². The Hall–Kier alpha value is -3.92. The molecule has 0 spiro atoms. The number of benzene rings is 2. The molecule has 6 rings (SSSR count). The van der Waals surface area contributed by atoms with Crippen molar-refractivity contribution in [3.8, 4) is 0 Å². The maximum Gasteiger partial charge on any atom is 0.341 e. The van der Waals surface area contributed by atoms with E-state index in [1.165, 1.54) is 62.0 Å². The van der Waals surface area contributed by atoms with E-state index < -0.39 is 5.97 Å². The van der Waals surface area contributed by atoms with Crippen LogP contribution in [0.15, 0.2) is 85.5 Å². The molecule has 256 valence electrons. The zero-order chi connectivity index (χ0) is 33.5. The van der Waals surface area contributed by atoms with E-state index in [1.54, 1.807) is 26.2 Å². The number of aromatic nitrogens is 4. The predicted molar refractivity (Wildman–Crippen MR) is 189 cm³/mol. The summed E-state index contributed by atoms with van der Waals surface area (Å²) in [6, 6.07) is 21.1. The van der Waals surface area contributed by atoms with Crippen LogP contribution in [0.3, 0.4) is 0 Å². The van der Waals surface area contributed by atoms with Crippen molar-refractivity contribution >= 4 is 35.9 Å². The molecular formula is C37H45Cl2N5O4. The minimum absolute atomic E-state index is 0. The highest BCUT2D eigenvalue weighted by Gasteiger charge is 2.36. The lowest BCUT2D eigenvalue weighted by atomic mass is 9.76. The van der Waals surface area contributed by atoms with Gasteiger partial charge in [0, 0.05) is 42.2 Å². The van der Waals surface area contributed by atoms with Crippen molar-refractivity contribution < 1.29 is 19.1 Å². The third-order valence-corrected chi connectivity index (χ3v) is 8.83. The maximum absolute atomic E-state index is 11.7. The summed E-state index contributed by atoms with van der Waals surface area (Å²) in [6.45, 7) is 4.21. The summed E-state index contributed by atoms with van der Waals surface area (Å²) in [7, 11) is 0. The Morgan fingerprint density at radius 3 is 1.56 bits per heavy atom. The van der Waals surface area contributed by atoms with Gasteiger partial charge in [-0.1, -0.05) is 86.3 Å². The Morgan fingerprint density at radius 2 is 1.10 bits per heavy atom. The number of nitrogens with zero attached hydrogens (tertiary/aromatic N) is 4. The number of nitrogens with two attached hydrogens (primary N) is 1. The van der Waals surface area contributed by atoms with Gasteiger partial charge in [0.1, 0.15) is 5.82 Å². The third kappa shape index (κ3) is 10.8. The lowest BCUT2D eigenvalue weighted by Gasteiger charge is -2.29. The van der Waals surface area contributed by atoms with E-state index in [2.05, 4.69) is 74.5 Å².